The van der Waals surface area contributed by atoms with Gasteiger partial charge >= 0.3 is 0 Å². The van der Waals surface area contributed by atoms with E-state index in [2.05, 4.69) is 52.0 Å². The summed E-state index contributed by atoms with van der Waals surface area (Å²) >= 11 is 0. The standard InChI is InChI=1S/C12H15N3O/c1-9-4-3-5-11(10(9)2)6-13-7-12-14-8-16-15-12/h3-5,8,13H,6-7H2,1-2H3. The van der Waals surface area contributed by atoms with Crippen LogP contribution < -0.4 is 5.32 Å². The maximum Gasteiger partial charge on any atom is 0.213 e. The maximum atomic E-state index is 4.66. The average Bonchev–Trinajstić information content (AvgIpc) is 2.77. The molecule has 0 atom stereocenters. The smallest absolute Gasteiger partial charge is 0.213 e. The van der Waals surface area contributed by atoms with Gasteiger partial charge in [0.05, 0.1) is 6.54 Å². The van der Waals surface area contributed by atoms with Gasteiger partial charge in [0.1, 0.15) is 0 Å². The molecule has 0 saturated heterocycles. The third-order valence-electron chi connectivity index (χ3n) is 2.72. The first-order chi connectivity index (χ1) is 7.77. The van der Waals surface area contributed by atoms with E-state index in [1.54, 1.807) is 0 Å². The van der Waals surface area contributed by atoms with Crippen molar-refractivity contribution >= 4 is 0 Å². The lowest BCUT2D eigenvalue weighted by molar-refractivity contribution is 0.407. The Bertz CT molecular complexity index is 451. The highest BCUT2D eigenvalue weighted by Gasteiger charge is 2.01. The van der Waals surface area contributed by atoms with Crippen LogP contribution in [0.4, 0.5) is 0 Å². The SMILES string of the molecule is Cc1cccc(CNCc2ncon2)c1C. The van der Waals surface area contributed by atoms with Gasteiger partial charge in [-0.2, -0.15) is 4.98 Å². The third-order valence-corrected chi connectivity index (χ3v) is 2.72. The second-order valence-electron chi connectivity index (χ2n) is 3.81. The molecule has 1 aromatic heterocycles. The van der Waals surface area contributed by atoms with Crippen molar-refractivity contribution in [3.05, 3.63) is 47.1 Å². The zero-order chi connectivity index (χ0) is 11.4. The summed E-state index contributed by atoms with van der Waals surface area (Å²) in [6.45, 7) is 5.71. The fourth-order valence-corrected chi connectivity index (χ4v) is 1.58. The quantitative estimate of drug-likeness (QED) is 0.850. The van der Waals surface area contributed by atoms with Gasteiger partial charge in [-0.1, -0.05) is 23.4 Å². The predicted molar refractivity (Wildman–Crippen MR) is 60.8 cm³/mol. The fraction of sp³-hybridized carbons (Fsp3) is 0.333. The van der Waals surface area contributed by atoms with Crippen molar-refractivity contribution in [2.45, 2.75) is 26.9 Å². The Hall–Kier alpha value is -1.68. The highest BCUT2D eigenvalue weighted by molar-refractivity contribution is 5.32. The van der Waals surface area contributed by atoms with E-state index < -0.39 is 0 Å². The zero-order valence-corrected chi connectivity index (χ0v) is 9.53. The lowest BCUT2D eigenvalue weighted by Gasteiger charge is -2.08. The van der Waals surface area contributed by atoms with Crippen LogP contribution in [-0.2, 0) is 13.1 Å². The molecule has 0 bridgehead atoms. The third kappa shape index (κ3) is 2.46. The van der Waals surface area contributed by atoms with Gasteiger partial charge in [0.15, 0.2) is 5.82 Å². The van der Waals surface area contributed by atoms with Gasteiger partial charge in [0, 0.05) is 6.54 Å². The minimum Gasteiger partial charge on any atom is -0.343 e. The number of nitrogens with one attached hydrogen (secondary N) is 1. The van der Waals surface area contributed by atoms with Gasteiger partial charge in [-0.15, -0.1) is 0 Å². The maximum absolute atomic E-state index is 4.66. The van der Waals surface area contributed by atoms with E-state index in [-0.39, 0.29) is 0 Å². The molecule has 2 rings (SSSR count). The molecule has 0 aliphatic heterocycles. The van der Waals surface area contributed by atoms with E-state index >= 15 is 0 Å². The summed E-state index contributed by atoms with van der Waals surface area (Å²) in [5, 5.41) is 7.03. The van der Waals surface area contributed by atoms with Crippen LogP contribution in [0.15, 0.2) is 29.1 Å². The Labute approximate surface area is 94.7 Å². The van der Waals surface area contributed by atoms with Crippen molar-refractivity contribution in [2.75, 3.05) is 0 Å². The van der Waals surface area contributed by atoms with E-state index in [0.29, 0.717) is 12.4 Å². The first kappa shape index (κ1) is 10.8. The van der Waals surface area contributed by atoms with E-state index in [1.165, 1.54) is 23.1 Å². The van der Waals surface area contributed by atoms with Gasteiger partial charge in [0.2, 0.25) is 6.39 Å². The minimum absolute atomic E-state index is 0.629. The molecule has 0 radical (unpaired) electrons. The number of benzene rings is 1. The summed E-state index contributed by atoms with van der Waals surface area (Å²) in [6.07, 6.45) is 1.34. The molecule has 84 valence electrons. The molecule has 0 spiro atoms. The molecule has 0 unspecified atom stereocenters. The van der Waals surface area contributed by atoms with Crippen molar-refractivity contribution in [3.63, 3.8) is 0 Å². The average molecular weight is 217 g/mol. The van der Waals surface area contributed by atoms with Crippen LogP contribution in [0, 0.1) is 13.8 Å². The number of nitrogens with zero attached hydrogens (tertiary/aromatic N) is 2. The molecule has 1 heterocycles. The summed E-state index contributed by atoms with van der Waals surface area (Å²) in [5.74, 6) is 0.685. The topological polar surface area (TPSA) is 51.0 Å². The molecule has 4 heteroatoms. The van der Waals surface area contributed by atoms with Gasteiger partial charge in [-0.25, -0.2) is 0 Å². The Kier molecular flexibility index (Phi) is 3.31. The van der Waals surface area contributed by atoms with Crippen LogP contribution in [0.2, 0.25) is 0 Å². The molecule has 2 aromatic rings. The normalized spacial score (nSPS) is 10.6. The van der Waals surface area contributed by atoms with Crippen LogP contribution in [0.5, 0.6) is 0 Å². The molecule has 0 aliphatic carbocycles. The molecular formula is C12H15N3O. The number of hydrogen-bond acceptors (Lipinski definition) is 4. The van der Waals surface area contributed by atoms with Crippen molar-refractivity contribution in [1.29, 1.82) is 0 Å². The summed E-state index contributed by atoms with van der Waals surface area (Å²) in [6, 6.07) is 6.33. The van der Waals surface area contributed by atoms with Crippen molar-refractivity contribution < 1.29 is 4.52 Å². The van der Waals surface area contributed by atoms with Crippen LogP contribution in [-0.4, -0.2) is 10.1 Å². The highest BCUT2D eigenvalue weighted by atomic mass is 16.5. The zero-order valence-electron chi connectivity index (χ0n) is 9.53. The van der Waals surface area contributed by atoms with Gasteiger partial charge in [-0.3, -0.25) is 0 Å². The lowest BCUT2D eigenvalue weighted by atomic mass is 10.0. The first-order valence-electron chi connectivity index (χ1n) is 5.28. The van der Waals surface area contributed by atoms with Crippen molar-refractivity contribution in [1.82, 2.24) is 15.5 Å². The number of rotatable bonds is 4. The summed E-state index contributed by atoms with van der Waals surface area (Å²) in [4.78, 5) is 3.95. The second-order valence-corrected chi connectivity index (χ2v) is 3.81. The Balaban J connectivity index is 1.92. The predicted octanol–water partition coefficient (Wildman–Crippen LogP) is 1.98. The molecule has 16 heavy (non-hydrogen) atoms. The van der Waals surface area contributed by atoms with E-state index in [4.69, 9.17) is 0 Å². The second kappa shape index (κ2) is 4.90. The molecule has 4 nitrogen and oxygen atoms in total. The van der Waals surface area contributed by atoms with Crippen LogP contribution >= 0.6 is 0 Å². The fourth-order valence-electron chi connectivity index (χ4n) is 1.58. The number of aromatic nitrogens is 2. The lowest BCUT2D eigenvalue weighted by Crippen LogP contribution is -2.14. The number of aryl methyl sites for hydroxylation is 1. The molecule has 1 N–H and O–H groups in total. The molecule has 0 amide bonds. The summed E-state index contributed by atoms with van der Waals surface area (Å²) in [7, 11) is 0. The minimum atomic E-state index is 0.629. The first-order valence-corrected chi connectivity index (χ1v) is 5.28. The van der Waals surface area contributed by atoms with Crippen LogP contribution in [0.3, 0.4) is 0 Å². The van der Waals surface area contributed by atoms with Gasteiger partial charge in [-0.05, 0) is 30.5 Å². The summed E-state index contributed by atoms with van der Waals surface area (Å²) in [5.41, 5.74) is 3.96. The van der Waals surface area contributed by atoms with Crippen LogP contribution in [0.25, 0.3) is 0 Å². The van der Waals surface area contributed by atoms with Crippen molar-refractivity contribution in [2.24, 2.45) is 0 Å². The number of hydrogen-bond donors (Lipinski definition) is 1. The van der Waals surface area contributed by atoms with Gasteiger partial charge in [0.25, 0.3) is 0 Å². The highest BCUT2D eigenvalue weighted by Crippen LogP contribution is 2.12. The Morgan fingerprint density at radius 2 is 2.12 bits per heavy atom. The van der Waals surface area contributed by atoms with Crippen molar-refractivity contribution in [3.8, 4) is 0 Å². The molecule has 0 saturated carbocycles. The molecule has 0 fully saturated rings. The van der Waals surface area contributed by atoms with Gasteiger partial charge < -0.3 is 9.84 Å². The molecular weight excluding hydrogens is 202 g/mol. The largest absolute Gasteiger partial charge is 0.343 e. The molecule has 1 aromatic carbocycles. The summed E-state index contributed by atoms with van der Waals surface area (Å²) < 4.78 is 4.66. The molecule has 0 aliphatic rings. The Morgan fingerprint density at radius 1 is 1.25 bits per heavy atom. The van der Waals surface area contributed by atoms with E-state index in [1.807, 2.05) is 0 Å². The van der Waals surface area contributed by atoms with Crippen LogP contribution in [0.1, 0.15) is 22.5 Å². The monoisotopic (exact) mass is 217 g/mol. The Morgan fingerprint density at radius 3 is 2.88 bits per heavy atom. The van der Waals surface area contributed by atoms with E-state index in [9.17, 15) is 0 Å². The van der Waals surface area contributed by atoms with E-state index in [0.717, 1.165) is 6.54 Å².